The Balaban J connectivity index is 2.52. The minimum absolute atomic E-state index is 0.0889. The molecule has 2 aromatic rings. The molecule has 4 nitrogen and oxygen atoms in total. The van der Waals surface area contributed by atoms with Crippen molar-refractivity contribution in [3.05, 3.63) is 24.5 Å². The van der Waals surface area contributed by atoms with E-state index in [0.29, 0.717) is 11.7 Å². The van der Waals surface area contributed by atoms with Gasteiger partial charge in [-0.2, -0.15) is 4.98 Å². The lowest BCUT2D eigenvalue weighted by Crippen LogP contribution is -2.07. The third-order valence-corrected chi connectivity index (χ3v) is 1.99. The van der Waals surface area contributed by atoms with Crippen LogP contribution in [-0.4, -0.2) is 16.1 Å². The topological polar surface area (TPSA) is 61.0 Å². The quantitative estimate of drug-likeness (QED) is 0.810. The van der Waals surface area contributed by atoms with E-state index in [9.17, 15) is 0 Å². The first-order chi connectivity index (χ1) is 7.16. The van der Waals surface area contributed by atoms with Crippen LogP contribution in [0.1, 0.15) is 13.8 Å². The maximum Gasteiger partial charge on any atom is 0.216 e. The number of fused-ring (bicyclic) bond motifs is 1. The van der Waals surface area contributed by atoms with E-state index in [1.807, 2.05) is 26.0 Å². The molecular formula is C11H13N3O. The molecule has 0 aliphatic heterocycles. The third kappa shape index (κ3) is 1.98. The van der Waals surface area contributed by atoms with E-state index in [1.54, 1.807) is 12.4 Å². The Bertz CT molecular complexity index is 482. The highest BCUT2D eigenvalue weighted by Gasteiger charge is 2.05. The number of nitrogen functional groups attached to an aromatic ring is 1. The molecular weight excluding hydrogens is 190 g/mol. The van der Waals surface area contributed by atoms with Gasteiger partial charge in [-0.15, -0.1) is 0 Å². The second-order valence-electron chi connectivity index (χ2n) is 3.61. The first-order valence-corrected chi connectivity index (χ1v) is 4.83. The molecule has 0 amide bonds. The molecule has 78 valence electrons. The smallest absolute Gasteiger partial charge is 0.216 e. The maximum absolute atomic E-state index is 5.81. The highest BCUT2D eigenvalue weighted by molar-refractivity contribution is 5.90. The van der Waals surface area contributed by atoms with Gasteiger partial charge in [0.05, 0.1) is 6.10 Å². The van der Waals surface area contributed by atoms with Gasteiger partial charge in [-0.25, -0.2) is 0 Å². The van der Waals surface area contributed by atoms with Gasteiger partial charge in [-0.1, -0.05) is 0 Å². The fourth-order valence-electron chi connectivity index (χ4n) is 1.40. The van der Waals surface area contributed by atoms with Crippen molar-refractivity contribution in [2.24, 2.45) is 0 Å². The van der Waals surface area contributed by atoms with Crippen LogP contribution in [0.25, 0.3) is 10.8 Å². The van der Waals surface area contributed by atoms with Crippen LogP contribution in [0.5, 0.6) is 5.88 Å². The van der Waals surface area contributed by atoms with Crippen LogP contribution in [0, 0.1) is 0 Å². The number of nitrogens with two attached hydrogens (primary N) is 1. The van der Waals surface area contributed by atoms with Crippen molar-refractivity contribution < 1.29 is 4.74 Å². The van der Waals surface area contributed by atoms with Gasteiger partial charge >= 0.3 is 0 Å². The van der Waals surface area contributed by atoms with Gasteiger partial charge in [-0.3, -0.25) is 4.98 Å². The average molecular weight is 203 g/mol. The summed E-state index contributed by atoms with van der Waals surface area (Å²) in [4.78, 5) is 8.20. The average Bonchev–Trinajstić information content (AvgIpc) is 2.16. The van der Waals surface area contributed by atoms with E-state index in [4.69, 9.17) is 10.5 Å². The summed E-state index contributed by atoms with van der Waals surface area (Å²) in [5, 5.41) is 1.85. The Morgan fingerprint density at radius 2 is 2.20 bits per heavy atom. The van der Waals surface area contributed by atoms with Gasteiger partial charge < -0.3 is 10.5 Å². The molecule has 0 saturated carbocycles. The number of hydrogen-bond acceptors (Lipinski definition) is 4. The fraction of sp³-hybridized carbons (Fsp3) is 0.273. The molecule has 2 rings (SSSR count). The van der Waals surface area contributed by atoms with Crippen molar-refractivity contribution in [2.75, 3.05) is 5.73 Å². The number of rotatable bonds is 2. The van der Waals surface area contributed by atoms with Crippen LogP contribution >= 0.6 is 0 Å². The second-order valence-corrected chi connectivity index (χ2v) is 3.61. The van der Waals surface area contributed by atoms with Crippen molar-refractivity contribution >= 4 is 16.6 Å². The van der Waals surface area contributed by atoms with E-state index >= 15 is 0 Å². The van der Waals surface area contributed by atoms with E-state index in [-0.39, 0.29) is 6.10 Å². The molecule has 0 fully saturated rings. The molecule has 0 radical (unpaired) electrons. The third-order valence-electron chi connectivity index (χ3n) is 1.99. The van der Waals surface area contributed by atoms with E-state index in [2.05, 4.69) is 9.97 Å². The monoisotopic (exact) mass is 203 g/mol. The van der Waals surface area contributed by atoms with Crippen LogP contribution in [0.3, 0.4) is 0 Å². The highest BCUT2D eigenvalue weighted by Crippen LogP contribution is 2.23. The van der Waals surface area contributed by atoms with Gasteiger partial charge in [0.2, 0.25) is 5.88 Å². The first kappa shape index (κ1) is 9.71. The summed E-state index contributed by atoms with van der Waals surface area (Å²) in [7, 11) is 0. The molecule has 0 aliphatic rings. The molecule has 0 unspecified atom stereocenters. The molecule has 0 bridgehead atoms. The van der Waals surface area contributed by atoms with Crippen LogP contribution in [0.4, 0.5) is 5.82 Å². The van der Waals surface area contributed by atoms with Crippen LogP contribution in [0.2, 0.25) is 0 Å². The minimum atomic E-state index is 0.0889. The van der Waals surface area contributed by atoms with Gasteiger partial charge in [0.15, 0.2) is 0 Å². The highest BCUT2D eigenvalue weighted by atomic mass is 16.5. The van der Waals surface area contributed by atoms with E-state index < -0.39 is 0 Å². The number of hydrogen-bond donors (Lipinski definition) is 1. The van der Waals surface area contributed by atoms with Gasteiger partial charge in [0.1, 0.15) is 5.82 Å². The Labute approximate surface area is 88.1 Å². The second kappa shape index (κ2) is 3.73. The molecule has 2 N–H and O–H groups in total. The van der Waals surface area contributed by atoms with Crippen molar-refractivity contribution in [1.29, 1.82) is 0 Å². The minimum Gasteiger partial charge on any atom is -0.475 e. The molecule has 0 aliphatic carbocycles. The Morgan fingerprint density at radius 1 is 1.40 bits per heavy atom. The lowest BCUT2D eigenvalue weighted by atomic mass is 10.2. The van der Waals surface area contributed by atoms with E-state index in [1.165, 1.54) is 0 Å². The van der Waals surface area contributed by atoms with Gasteiger partial charge in [0.25, 0.3) is 0 Å². The van der Waals surface area contributed by atoms with Crippen LogP contribution in [0.15, 0.2) is 24.5 Å². The normalized spacial score (nSPS) is 10.9. The molecule has 15 heavy (non-hydrogen) atoms. The molecule has 0 saturated heterocycles. The summed E-state index contributed by atoms with van der Waals surface area (Å²) >= 11 is 0. The van der Waals surface area contributed by atoms with Crippen molar-refractivity contribution in [2.45, 2.75) is 20.0 Å². The lowest BCUT2D eigenvalue weighted by molar-refractivity contribution is 0.233. The summed E-state index contributed by atoms with van der Waals surface area (Å²) < 4.78 is 5.48. The zero-order chi connectivity index (χ0) is 10.8. The zero-order valence-corrected chi connectivity index (χ0v) is 8.77. The SMILES string of the molecule is CC(C)Oc1cc2cnccc2c(N)n1. The Kier molecular flexibility index (Phi) is 2.41. The molecule has 2 heterocycles. The summed E-state index contributed by atoms with van der Waals surface area (Å²) in [5.41, 5.74) is 5.81. The zero-order valence-electron chi connectivity index (χ0n) is 8.77. The molecule has 0 spiro atoms. The molecule has 4 heteroatoms. The number of anilines is 1. The summed E-state index contributed by atoms with van der Waals surface area (Å²) in [6.45, 7) is 3.90. The number of pyridine rings is 2. The molecule has 2 aromatic heterocycles. The van der Waals surface area contributed by atoms with Crippen molar-refractivity contribution in [3.8, 4) is 5.88 Å². The Hall–Kier alpha value is -1.84. The fourth-order valence-corrected chi connectivity index (χ4v) is 1.40. The largest absolute Gasteiger partial charge is 0.475 e. The van der Waals surface area contributed by atoms with Gasteiger partial charge in [0, 0.05) is 29.2 Å². The summed E-state index contributed by atoms with van der Waals surface area (Å²) in [6.07, 6.45) is 3.54. The predicted octanol–water partition coefficient (Wildman–Crippen LogP) is 2.00. The number of ether oxygens (including phenoxy) is 1. The van der Waals surface area contributed by atoms with E-state index in [0.717, 1.165) is 10.8 Å². The van der Waals surface area contributed by atoms with Crippen molar-refractivity contribution in [1.82, 2.24) is 9.97 Å². The summed E-state index contributed by atoms with van der Waals surface area (Å²) in [5.74, 6) is 1.02. The number of nitrogens with zero attached hydrogens (tertiary/aromatic N) is 2. The lowest BCUT2D eigenvalue weighted by Gasteiger charge is -2.10. The Morgan fingerprint density at radius 3 is 2.93 bits per heavy atom. The van der Waals surface area contributed by atoms with Crippen LogP contribution < -0.4 is 10.5 Å². The predicted molar refractivity (Wildman–Crippen MR) is 59.7 cm³/mol. The summed E-state index contributed by atoms with van der Waals surface area (Å²) in [6, 6.07) is 3.69. The molecule has 0 atom stereocenters. The number of aromatic nitrogens is 2. The first-order valence-electron chi connectivity index (χ1n) is 4.83. The maximum atomic E-state index is 5.81. The van der Waals surface area contributed by atoms with Crippen molar-refractivity contribution in [3.63, 3.8) is 0 Å². The van der Waals surface area contributed by atoms with Gasteiger partial charge in [-0.05, 0) is 19.9 Å². The molecule has 0 aromatic carbocycles. The standard InChI is InChI=1S/C11H13N3O/c1-7(2)15-10-5-8-6-13-4-3-9(8)11(12)14-10/h3-7H,1-2H3,(H2,12,14). The van der Waals surface area contributed by atoms with Crippen LogP contribution in [-0.2, 0) is 0 Å².